The van der Waals surface area contributed by atoms with E-state index >= 15 is 0 Å². The molecule has 0 bridgehead atoms. The Hall–Kier alpha value is -1.46. The summed E-state index contributed by atoms with van der Waals surface area (Å²) >= 11 is 0. The highest BCUT2D eigenvalue weighted by Gasteiger charge is 2.16. The van der Waals surface area contributed by atoms with Crippen molar-refractivity contribution in [2.24, 2.45) is 0 Å². The van der Waals surface area contributed by atoms with E-state index in [1.807, 2.05) is 12.1 Å². The van der Waals surface area contributed by atoms with Crippen LogP contribution in [-0.4, -0.2) is 52.5 Å². The van der Waals surface area contributed by atoms with Crippen LogP contribution < -0.4 is 14.2 Å². The van der Waals surface area contributed by atoms with Crippen LogP contribution in [0.2, 0.25) is 0 Å². The van der Waals surface area contributed by atoms with Crippen molar-refractivity contribution in [1.29, 1.82) is 0 Å². The molecule has 0 fully saturated rings. The van der Waals surface area contributed by atoms with Gasteiger partial charge < -0.3 is 18.9 Å². The van der Waals surface area contributed by atoms with Gasteiger partial charge in [0.15, 0.2) is 11.5 Å². The van der Waals surface area contributed by atoms with Gasteiger partial charge >= 0.3 is 0 Å². The molecule has 1 aromatic carbocycles. The van der Waals surface area contributed by atoms with Crippen molar-refractivity contribution in [3.63, 3.8) is 0 Å². The van der Waals surface area contributed by atoms with Crippen LogP contribution in [0.15, 0.2) is 12.1 Å². The first kappa shape index (κ1) is 14.9. The second kappa shape index (κ2) is 7.36. The van der Waals surface area contributed by atoms with Gasteiger partial charge in [0.1, 0.15) is 5.75 Å². The van der Waals surface area contributed by atoms with Crippen molar-refractivity contribution < 1.29 is 18.9 Å². The van der Waals surface area contributed by atoms with Crippen LogP contribution in [0, 0.1) is 0 Å². The van der Waals surface area contributed by atoms with Crippen LogP contribution in [0.3, 0.4) is 0 Å². The topological polar surface area (TPSA) is 40.2 Å². The SMILES string of the molecule is COCCN(C)Cc1cc2c(cc1OC)OCCCO2. The highest BCUT2D eigenvalue weighted by molar-refractivity contribution is 5.51. The molecule has 0 saturated carbocycles. The van der Waals surface area contributed by atoms with E-state index in [4.69, 9.17) is 18.9 Å². The van der Waals surface area contributed by atoms with Crippen LogP contribution in [0.4, 0.5) is 0 Å². The quantitative estimate of drug-likeness (QED) is 0.797. The van der Waals surface area contributed by atoms with Gasteiger partial charge in [-0.1, -0.05) is 0 Å². The minimum Gasteiger partial charge on any atom is -0.496 e. The first-order valence-electron chi connectivity index (χ1n) is 6.88. The van der Waals surface area contributed by atoms with E-state index in [0.29, 0.717) is 19.8 Å². The molecule has 1 aliphatic rings. The van der Waals surface area contributed by atoms with Crippen LogP contribution >= 0.6 is 0 Å². The number of ether oxygens (including phenoxy) is 4. The lowest BCUT2D eigenvalue weighted by atomic mass is 10.1. The van der Waals surface area contributed by atoms with Gasteiger partial charge in [0.05, 0.1) is 26.9 Å². The van der Waals surface area contributed by atoms with E-state index in [0.717, 1.165) is 42.3 Å². The van der Waals surface area contributed by atoms with Crippen molar-refractivity contribution in [2.45, 2.75) is 13.0 Å². The third-order valence-electron chi connectivity index (χ3n) is 3.27. The third-order valence-corrected chi connectivity index (χ3v) is 3.27. The van der Waals surface area contributed by atoms with Gasteiger partial charge in [-0.25, -0.2) is 0 Å². The summed E-state index contributed by atoms with van der Waals surface area (Å²) in [5.41, 5.74) is 1.09. The van der Waals surface area contributed by atoms with Gasteiger partial charge in [0, 0.05) is 38.2 Å². The number of likely N-dealkylation sites (N-methyl/N-ethyl adjacent to an activating group) is 1. The van der Waals surface area contributed by atoms with E-state index < -0.39 is 0 Å². The lowest BCUT2D eigenvalue weighted by Crippen LogP contribution is -2.22. The molecule has 0 aromatic heterocycles. The van der Waals surface area contributed by atoms with Crippen molar-refractivity contribution in [3.8, 4) is 17.2 Å². The van der Waals surface area contributed by atoms with Crippen LogP contribution in [0.25, 0.3) is 0 Å². The van der Waals surface area contributed by atoms with Crippen molar-refractivity contribution >= 4 is 0 Å². The fourth-order valence-corrected chi connectivity index (χ4v) is 2.16. The third kappa shape index (κ3) is 3.77. The molecule has 1 aliphatic heterocycles. The van der Waals surface area contributed by atoms with Gasteiger partial charge in [0.25, 0.3) is 0 Å². The van der Waals surface area contributed by atoms with E-state index in [1.165, 1.54) is 0 Å². The van der Waals surface area contributed by atoms with Gasteiger partial charge in [-0.15, -0.1) is 0 Å². The summed E-state index contributed by atoms with van der Waals surface area (Å²) in [4.78, 5) is 2.19. The number of nitrogens with zero attached hydrogens (tertiary/aromatic N) is 1. The molecule has 20 heavy (non-hydrogen) atoms. The Balaban J connectivity index is 2.16. The van der Waals surface area contributed by atoms with Crippen LogP contribution in [0.5, 0.6) is 17.2 Å². The minimum atomic E-state index is 0.684. The first-order valence-corrected chi connectivity index (χ1v) is 6.88. The Morgan fingerprint density at radius 1 is 1.15 bits per heavy atom. The molecule has 1 heterocycles. The molecule has 0 aliphatic carbocycles. The van der Waals surface area contributed by atoms with E-state index in [1.54, 1.807) is 14.2 Å². The van der Waals surface area contributed by atoms with Crippen LogP contribution in [0.1, 0.15) is 12.0 Å². The maximum atomic E-state index is 5.73. The Labute approximate surface area is 120 Å². The number of rotatable bonds is 6. The Morgan fingerprint density at radius 2 is 1.85 bits per heavy atom. The molecule has 0 radical (unpaired) electrons. The number of benzene rings is 1. The second-order valence-electron chi connectivity index (χ2n) is 4.89. The smallest absolute Gasteiger partial charge is 0.164 e. The summed E-state index contributed by atoms with van der Waals surface area (Å²) in [6, 6.07) is 3.93. The average Bonchev–Trinajstić information content (AvgIpc) is 2.68. The zero-order chi connectivity index (χ0) is 14.4. The normalized spacial score (nSPS) is 14.2. The number of fused-ring (bicyclic) bond motifs is 1. The molecule has 0 saturated heterocycles. The van der Waals surface area contributed by atoms with Gasteiger partial charge in [0.2, 0.25) is 0 Å². The molecule has 0 N–H and O–H groups in total. The van der Waals surface area contributed by atoms with E-state index in [2.05, 4.69) is 11.9 Å². The predicted octanol–water partition coefficient (Wildman–Crippen LogP) is 1.93. The van der Waals surface area contributed by atoms with Crippen LogP contribution in [-0.2, 0) is 11.3 Å². The fourth-order valence-electron chi connectivity index (χ4n) is 2.16. The number of hydrogen-bond donors (Lipinski definition) is 0. The zero-order valence-corrected chi connectivity index (χ0v) is 12.5. The summed E-state index contributed by atoms with van der Waals surface area (Å²) < 4.78 is 22.0. The lowest BCUT2D eigenvalue weighted by Gasteiger charge is -2.19. The average molecular weight is 281 g/mol. The molecule has 2 rings (SSSR count). The molecule has 5 nitrogen and oxygen atoms in total. The standard InChI is InChI=1S/C15H23NO4/c1-16(5-8-17-2)11-12-9-14-15(10-13(12)18-3)20-7-4-6-19-14/h9-10H,4-8,11H2,1-3H3. The zero-order valence-electron chi connectivity index (χ0n) is 12.5. The lowest BCUT2D eigenvalue weighted by molar-refractivity contribution is 0.158. The summed E-state index contributed by atoms with van der Waals surface area (Å²) in [5.74, 6) is 2.40. The molecule has 0 spiro atoms. The molecule has 112 valence electrons. The van der Waals surface area contributed by atoms with Gasteiger partial charge in [-0.3, -0.25) is 4.90 Å². The van der Waals surface area contributed by atoms with Crippen molar-refractivity contribution in [1.82, 2.24) is 4.90 Å². The second-order valence-corrected chi connectivity index (χ2v) is 4.89. The predicted molar refractivity (Wildman–Crippen MR) is 76.8 cm³/mol. The molecular formula is C15H23NO4. The highest BCUT2D eigenvalue weighted by atomic mass is 16.5. The molecule has 5 heteroatoms. The summed E-state index contributed by atoms with van der Waals surface area (Å²) in [6.45, 7) is 3.74. The Morgan fingerprint density at radius 3 is 2.50 bits per heavy atom. The fraction of sp³-hybridized carbons (Fsp3) is 0.600. The minimum absolute atomic E-state index is 0.684. The van der Waals surface area contributed by atoms with Gasteiger partial charge in [-0.2, -0.15) is 0 Å². The molecule has 0 amide bonds. The van der Waals surface area contributed by atoms with Crippen molar-refractivity contribution in [3.05, 3.63) is 17.7 Å². The maximum absolute atomic E-state index is 5.73. The first-order chi connectivity index (χ1) is 9.74. The highest BCUT2D eigenvalue weighted by Crippen LogP contribution is 2.36. The molecule has 0 unspecified atom stereocenters. The number of hydrogen-bond acceptors (Lipinski definition) is 5. The maximum Gasteiger partial charge on any atom is 0.164 e. The molecule has 1 aromatic rings. The van der Waals surface area contributed by atoms with E-state index in [-0.39, 0.29) is 0 Å². The molecule has 0 atom stereocenters. The van der Waals surface area contributed by atoms with E-state index in [9.17, 15) is 0 Å². The largest absolute Gasteiger partial charge is 0.496 e. The summed E-state index contributed by atoms with van der Waals surface area (Å²) in [7, 11) is 5.45. The summed E-state index contributed by atoms with van der Waals surface area (Å²) in [5, 5.41) is 0. The van der Waals surface area contributed by atoms with Crippen molar-refractivity contribution in [2.75, 3.05) is 47.6 Å². The molecular weight excluding hydrogens is 258 g/mol. The van der Waals surface area contributed by atoms with Gasteiger partial charge in [-0.05, 0) is 13.1 Å². The Kier molecular flexibility index (Phi) is 5.49. The summed E-state index contributed by atoms with van der Waals surface area (Å²) in [6.07, 6.45) is 0.903. The monoisotopic (exact) mass is 281 g/mol. The Bertz CT molecular complexity index is 436. The number of methoxy groups -OCH3 is 2.